The molecule has 8 heteroatoms. The predicted octanol–water partition coefficient (Wildman–Crippen LogP) is 2.77. The third-order valence-electron chi connectivity index (χ3n) is 3.55. The van der Waals surface area contributed by atoms with Crippen molar-refractivity contribution in [2.24, 2.45) is 5.73 Å². The first-order valence-electron chi connectivity index (χ1n) is 7.12. The molecule has 0 spiro atoms. The van der Waals surface area contributed by atoms with Crippen molar-refractivity contribution >= 4 is 17.7 Å². The SMILES string of the molecule is CSc1ccc(F)c(-c2ncc(-n3cc(C(N)=O)cn3)cc2C#N)c1. The minimum absolute atomic E-state index is 0.200. The van der Waals surface area contributed by atoms with Crippen LogP contribution in [0.1, 0.15) is 15.9 Å². The number of rotatable bonds is 4. The molecule has 0 fully saturated rings. The van der Waals surface area contributed by atoms with E-state index < -0.39 is 11.7 Å². The van der Waals surface area contributed by atoms with Gasteiger partial charge < -0.3 is 5.73 Å². The Kier molecular flexibility index (Phi) is 4.50. The van der Waals surface area contributed by atoms with Crippen LogP contribution in [-0.4, -0.2) is 26.9 Å². The van der Waals surface area contributed by atoms with Crippen molar-refractivity contribution in [2.45, 2.75) is 4.90 Å². The van der Waals surface area contributed by atoms with Crippen molar-refractivity contribution in [2.75, 3.05) is 6.26 Å². The van der Waals surface area contributed by atoms with E-state index in [1.54, 1.807) is 12.1 Å². The van der Waals surface area contributed by atoms with Gasteiger partial charge in [0.15, 0.2) is 0 Å². The van der Waals surface area contributed by atoms with Crippen LogP contribution in [-0.2, 0) is 0 Å². The molecule has 2 N–H and O–H groups in total. The van der Waals surface area contributed by atoms with Gasteiger partial charge in [0.2, 0.25) is 0 Å². The summed E-state index contributed by atoms with van der Waals surface area (Å²) in [4.78, 5) is 16.3. The molecule has 25 heavy (non-hydrogen) atoms. The van der Waals surface area contributed by atoms with E-state index in [1.807, 2.05) is 12.3 Å². The van der Waals surface area contributed by atoms with Crippen molar-refractivity contribution in [1.29, 1.82) is 5.26 Å². The van der Waals surface area contributed by atoms with Gasteiger partial charge in [0.05, 0.1) is 34.9 Å². The first-order valence-corrected chi connectivity index (χ1v) is 8.35. The highest BCUT2D eigenvalue weighted by molar-refractivity contribution is 7.98. The minimum Gasteiger partial charge on any atom is -0.366 e. The van der Waals surface area contributed by atoms with E-state index in [1.165, 1.54) is 47.2 Å². The Hall–Kier alpha value is -3.18. The zero-order chi connectivity index (χ0) is 18.0. The summed E-state index contributed by atoms with van der Waals surface area (Å²) in [6, 6.07) is 8.23. The molecular weight excluding hydrogens is 341 g/mol. The van der Waals surface area contributed by atoms with Gasteiger partial charge >= 0.3 is 0 Å². The maximum atomic E-state index is 14.2. The molecule has 0 aliphatic carbocycles. The number of thioether (sulfide) groups is 1. The van der Waals surface area contributed by atoms with E-state index in [0.29, 0.717) is 5.69 Å². The normalized spacial score (nSPS) is 10.4. The Morgan fingerprint density at radius 2 is 2.16 bits per heavy atom. The average molecular weight is 353 g/mol. The summed E-state index contributed by atoms with van der Waals surface area (Å²) >= 11 is 1.47. The van der Waals surface area contributed by atoms with Crippen LogP contribution in [0.25, 0.3) is 16.9 Å². The Morgan fingerprint density at radius 1 is 1.36 bits per heavy atom. The van der Waals surface area contributed by atoms with Crippen LogP contribution in [0.4, 0.5) is 4.39 Å². The molecular formula is C17H12FN5OS. The van der Waals surface area contributed by atoms with Crippen molar-refractivity contribution in [3.63, 3.8) is 0 Å². The van der Waals surface area contributed by atoms with E-state index in [0.717, 1.165) is 4.90 Å². The highest BCUT2D eigenvalue weighted by atomic mass is 32.2. The lowest BCUT2D eigenvalue weighted by Crippen LogP contribution is -2.09. The Balaban J connectivity index is 2.09. The summed E-state index contributed by atoms with van der Waals surface area (Å²) in [5.41, 5.74) is 6.61. The van der Waals surface area contributed by atoms with Gasteiger partial charge in [-0.25, -0.2) is 9.07 Å². The zero-order valence-corrected chi connectivity index (χ0v) is 13.9. The molecule has 6 nitrogen and oxygen atoms in total. The molecule has 0 saturated carbocycles. The smallest absolute Gasteiger partial charge is 0.251 e. The van der Waals surface area contributed by atoms with Gasteiger partial charge in [-0.3, -0.25) is 9.78 Å². The number of carbonyl (C=O) groups excluding carboxylic acids is 1. The molecule has 0 aliphatic rings. The molecule has 3 rings (SSSR count). The molecule has 2 heterocycles. The van der Waals surface area contributed by atoms with Gasteiger partial charge in [-0.05, 0) is 30.5 Å². The molecule has 2 aromatic heterocycles. The highest BCUT2D eigenvalue weighted by Crippen LogP contribution is 2.29. The molecule has 0 bridgehead atoms. The number of nitrogens with two attached hydrogens (primary N) is 1. The van der Waals surface area contributed by atoms with E-state index in [4.69, 9.17) is 5.73 Å². The third kappa shape index (κ3) is 3.22. The number of hydrogen-bond acceptors (Lipinski definition) is 5. The lowest BCUT2D eigenvalue weighted by Gasteiger charge is -2.09. The third-order valence-corrected chi connectivity index (χ3v) is 4.28. The predicted molar refractivity (Wildman–Crippen MR) is 91.8 cm³/mol. The molecule has 0 saturated heterocycles. The standard InChI is InChI=1S/C17H12FN5OS/c1-25-13-2-3-15(18)14(5-13)16-10(6-19)4-12(8-21-16)23-9-11(7-22-23)17(20)24/h2-5,7-9H,1H3,(H2,20,24). The van der Waals surface area contributed by atoms with Crippen LogP contribution in [0.5, 0.6) is 0 Å². The van der Waals surface area contributed by atoms with Crippen molar-refractivity contribution in [3.8, 4) is 23.0 Å². The number of benzene rings is 1. The molecule has 1 amide bonds. The molecule has 0 unspecified atom stereocenters. The lowest BCUT2D eigenvalue weighted by atomic mass is 10.1. The maximum Gasteiger partial charge on any atom is 0.251 e. The highest BCUT2D eigenvalue weighted by Gasteiger charge is 2.14. The second-order valence-electron chi connectivity index (χ2n) is 5.09. The van der Waals surface area contributed by atoms with Gasteiger partial charge in [0, 0.05) is 16.7 Å². The number of primary amides is 1. The van der Waals surface area contributed by atoms with Crippen molar-refractivity contribution < 1.29 is 9.18 Å². The monoisotopic (exact) mass is 353 g/mol. The average Bonchev–Trinajstić information content (AvgIpc) is 3.12. The number of carbonyl (C=O) groups is 1. The van der Waals surface area contributed by atoms with Crippen LogP contribution in [0, 0.1) is 17.1 Å². The van der Waals surface area contributed by atoms with Gasteiger partial charge in [0.1, 0.15) is 11.9 Å². The van der Waals surface area contributed by atoms with Crippen LogP contribution in [0.2, 0.25) is 0 Å². The molecule has 1 aromatic carbocycles. The number of aromatic nitrogens is 3. The van der Waals surface area contributed by atoms with E-state index in [-0.39, 0.29) is 22.4 Å². The second-order valence-corrected chi connectivity index (χ2v) is 5.96. The number of nitriles is 1. The number of halogens is 1. The zero-order valence-electron chi connectivity index (χ0n) is 13.1. The fourth-order valence-corrected chi connectivity index (χ4v) is 2.72. The minimum atomic E-state index is -0.604. The van der Waals surface area contributed by atoms with Gasteiger partial charge in [-0.15, -0.1) is 11.8 Å². The summed E-state index contributed by atoms with van der Waals surface area (Å²) in [6.45, 7) is 0. The quantitative estimate of drug-likeness (QED) is 0.727. The summed E-state index contributed by atoms with van der Waals surface area (Å²) in [7, 11) is 0. The summed E-state index contributed by atoms with van der Waals surface area (Å²) in [5.74, 6) is -1.06. The lowest BCUT2D eigenvalue weighted by molar-refractivity contribution is 0.100. The number of nitrogens with zero attached hydrogens (tertiary/aromatic N) is 4. The Bertz CT molecular complexity index is 1010. The first kappa shape index (κ1) is 16.7. The summed E-state index contributed by atoms with van der Waals surface area (Å²) in [5, 5.41) is 13.5. The summed E-state index contributed by atoms with van der Waals surface area (Å²) < 4.78 is 15.6. The fourth-order valence-electron chi connectivity index (χ4n) is 2.28. The number of hydrogen-bond donors (Lipinski definition) is 1. The summed E-state index contributed by atoms with van der Waals surface area (Å²) in [6.07, 6.45) is 6.10. The molecule has 124 valence electrons. The van der Waals surface area contributed by atoms with E-state index in [2.05, 4.69) is 10.1 Å². The molecule has 3 aromatic rings. The van der Waals surface area contributed by atoms with E-state index in [9.17, 15) is 14.4 Å². The Morgan fingerprint density at radius 3 is 2.80 bits per heavy atom. The molecule has 0 radical (unpaired) electrons. The Labute approximate surface area is 147 Å². The van der Waals surface area contributed by atoms with Gasteiger partial charge in [0.25, 0.3) is 5.91 Å². The molecule has 0 atom stereocenters. The van der Waals surface area contributed by atoms with Crippen LogP contribution >= 0.6 is 11.8 Å². The number of pyridine rings is 1. The van der Waals surface area contributed by atoms with Crippen LogP contribution in [0.15, 0.2) is 47.8 Å². The number of amides is 1. The van der Waals surface area contributed by atoms with Crippen molar-refractivity contribution in [3.05, 3.63) is 59.8 Å². The van der Waals surface area contributed by atoms with E-state index >= 15 is 0 Å². The molecule has 0 aliphatic heterocycles. The largest absolute Gasteiger partial charge is 0.366 e. The van der Waals surface area contributed by atoms with Gasteiger partial charge in [-0.1, -0.05) is 0 Å². The topological polar surface area (TPSA) is 97.6 Å². The second kappa shape index (κ2) is 6.75. The van der Waals surface area contributed by atoms with Crippen LogP contribution < -0.4 is 5.73 Å². The van der Waals surface area contributed by atoms with Crippen molar-refractivity contribution in [1.82, 2.24) is 14.8 Å². The maximum absolute atomic E-state index is 14.2. The fraction of sp³-hybridized carbons (Fsp3) is 0.0588. The van der Waals surface area contributed by atoms with Gasteiger partial charge in [-0.2, -0.15) is 10.4 Å². The van der Waals surface area contributed by atoms with Crippen LogP contribution in [0.3, 0.4) is 0 Å². The first-order chi connectivity index (χ1) is 12.0.